The van der Waals surface area contributed by atoms with E-state index in [4.69, 9.17) is 0 Å². The molecular weight excluding hydrogens is 312 g/mol. The lowest BCUT2D eigenvalue weighted by Crippen LogP contribution is -2.69. The van der Waals surface area contributed by atoms with Crippen molar-refractivity contribution in [1.29, 1.82) is 0 Å². The van der Waals surface area contributed by atoms with Crippen LogP contribution in [0.4, 0.5) is 8.78 Å². The van der Waals surface area contributed by atoms with Gasteiger partial charge < -0.3 is 4.90 Å². The number of rotatable bonds is 3. The van der Waals surface area contributed by atoms with Gasteiger partial charge >= 0.3 is 0 Å². The van der Waals surface area contributed by atoms with Gasteiger partial charge in [0.05, 0.1) is 12.6 Å². The zero-order chi connectivity index (χ0) is 17.5. The van der Waals surface area contributed by atoms with E-state index < -0.39 is 12.0 Å². The smallest absolute Gasteiger partial charge is 0.275 e. The molecule has 3 aliphatic rings. The molecule has 3 heterocycles. The predicted molar refractivity (Wildman–Crippen MR) is 90.1 cm³/mol. The highest BCUT2D eigenvalue weighted by Gasteiger charge is 2.54. The van der Waals surface area contributed by atoms with Crippen molar-refractivity contribution in [3.05, 3.63) is 0 Å². The second-order valence-electron chi connectivity index (χ2n) is 8.61. The zero-order valence-electron chi connectivity index (χ0n) is 15.2. The molecule has 24 heavy (non-hydrogen) atoms. The van der Waals surface area contributed by atoms with E-state index in [-0.39, 0.29) is 17.9 Å². The summed E-state index contributed by atoms with van der Waals surface area (Å²) in [6.07, 6.45) is 2.48. The Balaban J connectivity index is 1.52. The van der Waals surface area contributed by atoms with Gasteiger partial charge in [-0.05, 0) is 30.6 Å². The molecule has 1 unspecified atom stereocenters. The Hall–Kier alpha value is -0.750. The number of nitrogens with zero attached hydrogens (tertiary/aromatic N) is 3. The van der Waals surface area contributed by atoms with Gasteiger partial charge in [0.15, 0.2) is 0 Å². The minimum atomic E-state index is -2.62. The normalized spacial score (nSPS) is 30.6. The minimum absolute atomic E-state index is 0.0997. The second-order valence-corrected chi connectivity index (χ2v) is 8.61. The van der Waals surface area contributed by atoms with Crippen LogP contribution in [0.25, 0.3) is 0 Å². The van der Waals surface area contributed by atoms with Gasteiger partial charge in [0.1, 0.15) is 0 Å². The van der Waals surface area contributed by atoms with E-state index in [1.807, 2.05) is 14.7 Å². The molecule has 0 saturated carbocycles. The fraction of sp³-hybridized carbons (Fsp3) is 0.944. The first-order valence-electron chi connectivity index (χ1n) is 9.31. The van der Waals surface area contributed by atoms with Crippen molar-refractivity contribution in [1.82, 2.24) is 14.7 Å². The van der Waals surface area contributed by atoms with Crippen LogP contribution in [-0.2, 0) is 4.79 Å². The zero-order valence-corrected chi connectivity index (χ0v) is 15.2. The number of likely N-dealkylation sites (tertiary alicyclic amines) is 3. The SMILES string of the molecule is CC(=O)N1CCC2(CC1)CN(C1CCN(CC(C)C)CC1(F)F)C2. The summed E-state index contributed by atoms with van der Waals surface area (Å²) in [5, 5.41) is 0. The largest absolute Gasteiger partial charge is 0.343 e. The van der Waals surface area contributed by atoms with Gasteiger partial charge in [0, 0.05) is 46.2 Å². The Labute approximate surface area is 144 Å². The van der Waals surface area contributed by atoms with Gasteiger partial charge in [0.2, 0.25) is 5.91 Å². The van der Waals surface area contributed by atoms with Crippen LogP contribution >= 0.6 is 0 Å². The fourth-order valence-corrected chi connectivity index (χ4v) is 4.77. The maximum atomic E-state index is 14.6. The van der Waals surface area contributed by atoms with Crippen LogP contribution in [0.1, 0.15) is 40.0 Å². The number of amides is 1. The molecule has 0 aromatic rings. The highest BCUT2D eigenvalue weighted by atomic mass is 19.3. The summed E-state index contributed by atoms with van der Waals surface area (Å²) in [7, 11) is 0. The molecule has 3 saturated heterocycles. The molecule has 6 heteroatoms. The number of carbonyl (C=O) groups is 1. The summed E-state index contributed by atoms with van der Waals surface area (Å²) >= 11 is 0. The maximum absolute atomic E-state index is 14.6. The van der Waals surface area contributed by atoms with E-state index in [9.17, 15) is 13.6 Å². The summed E-state index contributed by atoms with van der Waals surface area (Å²) < 4.78 is 29.3. The van der Waals surface area contributed by atoms with E-state index in [1.54, 1.807) is 6.92 Å². The summed E-state index contributed by atoms with van der Waals surface area (Å²) in [6, 6.07) is -0.600. The van der Waals surface area contributed by atoms with Crippen LogP contribution in [0, 0.1) is 11.3 Å². The van der Waals surface area contributed by atoms with E-state index in [0.29, 0.717) is 12.3 Å². The van der Waals surface area contributed by atoms with Gasteiger partial charge in [-0.15, -0.1) is 0 Å². The second kappa shape index (κ2) is 6.52. The lowest BCUT2D eigenvalue weighted by molar-refractivity contribution is -0.176. The first-order chi connectivity index (χ1) is 11.2. The highest BCUT2D eigenvalue weighted by Crippen LogP contribution is 2.45. The molecule has 1 atom stereocenters. The summed E-state index contributed by atoms with van der Waals surface area (Å²) in [6.45, 7) is 10.3. The van der Waals surface area contributed by atoms with Crippen LogP contribution < -0.4 is 0 Å². The van der Waals surface area contributed by atoms with Crippen molar-refractivity contribution in [3.63, 3.8) is 0 Å². The van der Waals surface area contributed by atoms with Gasteiger partial charge in [0.25, 0.3) is 5.92 Å². The molecule has 3 aliphatic heterocycles. The molecule has 0 aliphatic carbocycles. The molecule has 138 valence electrons. The molecule has 1 spiro atoms. The average molecular weight is 343 g/mol. The van der Waals surface area contributed by atoms with Gasteiger partial charge in [-0.25, -0.2) is 8.78 Å². The molecule has 0 N–H and O–H groups in total. The lowest BCUT2D eigenvalue weighted by Gasteiger charge is -2.58. The fourth-order valence-electron chi connectivity index (χ4n) is 4.77. The van der Waals surface area contributed by atoms with E-state index in [1.165, 1.54) is 0 Å². The highest BCUT2D eigenvalue weighted by molar-refractivity contribution is 5.73. The Bertz CT molecular complexity index is 467. The van der Waals surface area contributed by atoms with Crippen molar-refractivity contribution in [3.8, 4) is 0 Å². The molecule has 0 bridgehead atoms. The van der Waals surface area contributed by atoms with Gasteiger partial charge in [-0.1, -0.05) is 13.8 Å². The van der Waals surface area contributed by atoms with Crippen molar-refractivity contribution < 1.29 is 13.6 Å². The number of piperidine rings is 2. The Morgan fingerprint density at radius 3 is 2.25 bits per heavy atom. The minimum Gasteiger partial charge on any atom is -0.343 e. The monoisotopic (exact) mass is 343 g/mol. The molecular formula is C18H31F2N3O. The average Bonchev–Trinajstić information content (AvgIpc) is 2.43. The Kier molecular flexibility index (Phi) is 4.91. The number of hydrogen-bond donors (Lipinski definition) is 0. The maximum Gasteiger partial charge on any atom is 0.275 e. The standard InChI is InChI=1S/C18H31F2N3O/c1-14(2)10-21-7-4-16(18(19,20)13-21)23-11-17(12-23)5-8-22(9-6-17)15(3)24/h14,16H,4-13H2,1-3H3. The number of hydrogen-bond acceptors (Lipinski definition) is 3. The third kappa shape index (κ3) is 3.59. The van der Waals surface area contributed by atoms with E-state index in [2.05, 4.69) is 13.8 Å². The summed E-state index contributed by atoms with van der Waals surface area (Å²) in [5.74, 6) is -2.06. The van der Waals surface area contributed by atoms with Gasteiger partial charge in [-0.2, -0.15) is 0 Å². The van der Waals surface area contributed by atoms with Crippen molar-refractivity contribution in [2.24, 2.45) is 11.3 Å². The van der Waals surface area contributed by atoms with E-state index >= 15 is 0 Å². The van der Waals surface area contributed by atoms with Crippen LogP contribution in [0.3, 0.4) is 0 Å². The molecule has 3 fully saturated rings. The molecule has 1 amide bonds. The third-order valence-corrected chi connectivity index (χ3v) is 6.05. The van der Waals surface area contributed by atoms with Gasteiger partial charge in [-0.3, -0.25) is 14.6 Å². The van der Waals surface area contributed by atoms with Crippen molar-refractivity contribution in [2.75, 3.05) is 45.8 Å². The summed E-state index contributed by atoms with van der Waals surface area (Å²) in [4.78, 5) is 17.2. The van der Waals surface area contributed by atoms with Crippen LogP contribution in [0.5, 0.6) is 0 Å². The predicted octanol–water partition coefficient (Wildman–Crippen LogP) is 2.30. The third-order valence-electron chi connectivity index (χ3n) is 6.05. The van der Waals surface area contributed by atoms with Crippen LogP contribution in [0.15, 0.2) is 0 Å². The number of alkyl halides is 2. The molecule has 0 radical (unpaired) electrons. The Morgan fingerprint density at radius 2 is 1.75 bits per heavy atom. The first-order valence-corrected chi connectivity index (χ1v) is 9.31. The molecule has 3 rings (SSSR count). The molecule has 0 aromatic heterocycles. The quantitative estimate of drug-likeness (QED) is 0.787. The lowest BCUT2D eigenvalue weighted by atomic mass is 9.70. The van der Waals surface area contributed by atoms with Crippen molar-refractivity contribution >= 4 is 5.91 Å². The van der Waals surface area contributed by atoms with Crippen LogP contribution in [-0.4, -0.2) is 78.4 Å². The Morgan fingerprint density at radius 1 is 1.12 bits per heavy atom. The topological polar surface area (TPSA) is 26.8 Å². The van der Waals surface area contributed by atoms with Crippen molar-refractivity contribution in [2.45, 2.75) is 52.0 Å². The molecule has 0 aromatic carbocycles. The first kappa shape index (κ1) is 18.1. The van der Waals surface area contributed by atoms with Crippen LogP contribution in [0.2, 0.25) is 0 Å². The molecule has 4 nitrogen and oxygen atoms in total. The number of carbonyl (C=O) groups excluding carboxylic acids is 1. The van der Waals surface area contributed by atoms with E-state index in [0.717, 1.165) is 52.1 Å². The number of halogens is 2. The summed E-state index contributed by atoms with van der Waals surface area (Å²) in [5.41, 5.74) is 0.178.